The van der Waals surface area contributed by atoms with Crippen LogP contribution >= 0.6 is 11.8 Å². The number of hydrogen-bond donors (Lipinski definition) is 3. The van der Waals surface area contributed by atoms with E-state index in [2.05, 4.69) is 26.0 Å². The molecule has 0 spiro atoms. The van der Waals surface area contributed by atoms with Crippen LogP contribution in [0.3, 0.4) is 0 Å². The lowest BCUT2D eigenvalue weighted by atomic mass is 10.2. The van der Waals surface area contributed by atoms with E-state index >= 15 is 0 Å². The van der Waals surface area contributed by atoms with Crippen LogP contribution in [0.15, 0.2) is 29.4 Å². The van der Waals surface area contributed by atoms with Crippen molar-refractivity contribution in [3.8, 4) is 0 Å². The number of nitro groups is 1. The van der Waals surface area contributed by atoms with E-state index < -0.39 is 16.7 Å². The van der Waals surface area contributed by atoms with Crippen molar-refractivity contribution in [2.75, 3.05) is 5.75 Å². The molecular formula is C14H14N6O4S. The molecule has 3 rings (SSSR count). The number of hydrogen-bond acceptors (Lipinski definition) is 7. The molecule has 0 atom stereocenters. The summed E-state index contributed by atoms with van der Waals surface area (Å²) in [6.45, 7) is 0. The van der Waals surface area contributed by atoms with E-state index in [0.717, 1.165) is 30.4 Å². The predicted octanol–water partition coefficient (Wildman–Crippen LogP) is 1.14. The second kappa shape index (κ2) is 7.30. The topological polar surface area (TPSA) is 143 Å². The van der Waals surface area contributed by atoms with Gasteiger partial charge in [-0.1, -0.05) is 11.8 Å². The maximum Gasteiger partial charge on any atom is 0.269 e. The van der Waals surface area contributed by atoms with Crippen LogP contribution in [0.1, 0.15) is 34.9 Å². The molecule has 11 heteroatoms. The smallest absolute Gasteiger partial charge is 0.269 e. The lowest BCUT2D eigenvalue weighted by molar-refractivity contribution is -0.384. The van der Waals surface area contributed by atoms with Crippen LogP contribution in [0.5, 0.6) is 0 Å². The second-order valence-corrected chi connectivity index (χ2v) is 6.31. The van der Waals surface area contributed by atoms with Crippen LogP contribution in [-0.2, 0) is 4.79 Å². The van der Waals surface area contributed by atoms with E-state index in [0.29, 0.717) is 11.1 Å². The Balaban J connectivity index is 1.43. The van der Waals surface area contributed by atoms with Crippen molar-refractivity contribution < 1.29 is 14.5 Å². The summed E-state index contributed by atoms with van der Waals surface area (Å²) in [7, 11) is 0. The predicted molar refractivity (Wildman–Crippen MR) is 87.8 cm³/mol. The van der Waals surface area contributed by atoms with Gasteiger partial charge in [0.25, 0.3) is 11.6 Å². The van der Waals surface area contributed by atoms with Gasteiger partial charge in [-0.05, 0) is 25.0 Å². The van der Waals surface area contributed by atoms with Crippen molar-refractivity contribution in [3.05, 3.63) is 45.8 Å². The maximum atomic E-state index is 11.9. The summed E-state index contributed by atoms with van der Waals surface area (Å²) >= 11 is 1.16. The molecule has 3 N–H and O–H groups in total. The van der Waals surface area contributed by atoms with Crippen molar-refractivity contribution in [2.24, 2.45) is 0 Å². The zero-order valence-electron chi connectivity index (χ0n) is 12.9. The summed E-state index contributed by atoms with van der Waals surface area (Å²) in [6, 6.07) is 5.05. The van der Waals surface area contributed by atoms with Crippen molar-refractivity contribution in [3.63, 3.8) is 0 Å². The number of non-ortho nitro benzene ring substituents is 1. The molecule has 10 nitrogen and oxygen atoms in total. The molecule has 1 aromatic heterocycles. The third-order valence-electron chi connectivity index (χ3n) is 3.43. The Hall–Kier alpha value is -2.95. The van der Waals surface area contributed by atoms with Gasteiger partial charge >= 0.3 is 0 Å². The Morgan fingerprint density at radius 3 is 2.64 bits per heavy atom. The fourth-order valence-electron chi connectivity index (χ4n) is 1.96. The molecule has 1 heterocycles. The number of nitrogens with zero attached hydrogens (tertiary/aromatic N) is 3. The lowest BCUT2D eigenvalue weighted by Crippen LogP contribution is -2.42. The largest absolute Gasteiger partial charge is 0.272 e. The van der Waals surface area contributed by atoms with Crippen molar-refractivity contribution in [1.29, 1.82) is 0 Å². The number of aromatic amines is 1. The molecule has 0 unspecified atom stereocenters. The first-order chi connectivity index (χ1) is 12.0. The number of carbonyl (C=O) groups is 2. The molecule has 25 heavy (non-hydrogen) atoms. The number of H-pyrrole nitrogens is 1. The normalized spacial score (nSPS) is 13.3. The van der Waals surface area contributed by atoms with Gasteiger partial charge in [-0.3, -0.25) is 35.7 Å². The van der Waals surface area contributed by atoms with E-state index in [1.54, 1.807) is 0 Å². The van der Waals surface area contributed by atoms with Crippen LogP contribution in [0.2, 0.25) is 0 Å². The number of carbonyl (C=O) groups excluding carboxylic acids is 2. The zero-order valence-corrected chi connectivity index (χ0v) is 13.7. The van der Waals surface area contributed by atoms with E-state index in [1.165, 1.54) is 24.3 Å². The Morgan fingerprint density at radius 2 is 2.00 bits per heavy atom. The van der Waals surface area contributed by atoms with Gasteiger partial charge in [-0.25, -0.2) is 4.98 Å². The van der Waals surface area contributed by atoms with Gasteiger partial charge in [0.15, 0.2) is 0 Å². The summed E-state index contributed by atoms with van der Waals surface area (Å²) in [5.74, 6) is 0.355. The third-order valence-corrected chi connectivity index (χ3v) is 4.28. The Morgan fingerprint density at radius 1 is 1.28 bits per heavy atom. The monoisotopic (exact) mass is 362 g/mol. The number of aromatic nitrogens is 3. The summed E-state index contributed by atoms with van der Waals surface area (Å²) in [4.78, 5) is 37.9. The van der Waals surface area contributed by atoms with Gasteiger partial charge < -0.3 is 0 Å². The van der Waals surface area contributed by atoms with Crippen LogP contribution < -0.4 is 10.9 Å². The van der Waals surface area contributed by atoms with E-state index in [1.807, 2.05) is 0 Å². The Bertz CT molecular complexity index is 802. The van der Waals surface area contributed by atoms with Gasteiger partial charge in [0.1, 0.15) is 5.82 Å². The quantitative estimate of drug-likeness (QED) is 0.397. The molecule has 2 aromatic rings. The molecular weight excluding hydrogens is 348 g/mol. The third kappa shape index (κ3) is 4.53. The van der Waals surface area contributed by atoms with Crippen LogP contribution in [0, 0.1) is 10.1 Å². The summed E-state index contributed by atoms with van der Waals surface area (Å²) in [5.41, 5.74) is 4.60. The number of nitrogens with one attached hydrogen (secondary N) is 3. The molecule has 1 fully saturated rings. The average Bonchev–Trinajstić information content (AvgIpc) is 3.36. The lowest BCUT2D eigenvalue weighted by Gasteiger charge is -2.06. The molecule has 1 aliphatic carbocycles. The zero-order chi connectivity index (χ0) is 17.8. The van der Waals surface area contributed by atoms with Gasteiger partial charge in [0.05, 0.1) is 10.7 Å². The van der Waals surface area contributed by atoms with Crippen molar-refractivity contribution in [2.45, 2.75) is 23.9 Å². The summed E-state index contributed by atoms with van der Waals surface area (Å²) < 4.78 is 0. The molecule has 0 bridgehead atoms. The first-order valence-electron chi connectivity index (χ1n) is 7.41. The van der Waals surface area contributed by atoms with E-state index in [-0.39, 0.29) is 17.0 Å². The van der Waals surface area contributed by atoms with Crippen molar-refractivity contribution >= 4 is 29.3 Å². The van der Waals surface area contributed by atoms with Gasteiger partial charge in [-0.2, -0.15) is 0 Å². The number of rotatable bonds is 6. The molecule has 2 amide bonds. The van der Waals surface area contributed by atoms with Crippen LogP contribution in [0.25, 0.3) is 0 Å². The highest BCUT2D eigenvalue weighted by Crippen LogP contribution is 2.38. The van der Waals surface area contributed by atoms with Gasteiger partial charge in [0, 0.05) is 23.6 Å². The van der Waals surface area contributed by atoms with Crippen LogP contribution in [0.4, 0.5) is 5.69 Å². The Labute approximate surface area is 145 Å². The fraction of sp³-hybridized carbons (Fsp3) is 0.286. The fourth-order valence-corrected chi connectivity index (χ4v) is 2.57. The number of nitro benzene ring substituents is 1. The number of benzene rings is 1. The van der Waals surface area contributed by atoms with Gasteiger partial charge in [-0.15, -0.1) is 5.10 Å². The molecule has 130 valence electrons. The molecule has 1 saturated carbocycles. The molecule has 0 radical (unpaired) electrons. The standard InChI is InChI=1S/C14H14N6O4S/c21-11(7-25-14-15-12(17-19-14)8-1-2-8)16-18-13(22)9-3-5-10(6-4-9)20(23)24/h3-6,8H,1-2,7H2,(H,16,21)(H,18,22)(H,15,17,19). The first kappa shape index (κ1) is 16.9. The Kier molecular flexibility index (Phi) is 4.93. The highest BCUT2D eigenvalue weighted by atomic mass is 32.2. The minimum Gasteiger partial charge on any atom is -0.272 e. The van der Waals surface area contributed by atoms with Gasteiger partial charge in [0.2, 0.25) is 11.1 Å². The SMILES string of the molecule is O=C(CSc1n[nH]c(C2CC2)n1)NNC(=O)c1ccc([N+](=O)[O-])cc1. The first-order valence-corrected chi connectivity index (χ1v) is 8.40. The highest BCUT2D eigenvalue weighted by molar-refractivity contribution is 7.99. The minimum atomic E-state index is -0.567. The van der Waals surface area contributed by atoms with E-state index in [9.17, 15) is 19.7 Å². The molecule has 0 aliphatic heterocycles. The molecule has 0 saturated heterocycles. The number of thioether (sulfide) groups is 1. The second-order valence-electron chi connectivity index (χ2n) is 5.37. The summed E-state index contributed by atoms with van der Waals surface area (Å²) in [6.07, 6.45) is 2.21. The number of hydrazine groups is 1. The van der Waals surface area contributed by atoms with E-state index in [4.69, 9.17) is 0 Å². The van der Waals surface area contributed by atoms with Crippen LogP contribution in [-0.4, -0.2) is 37.7 Å². The maximum absolute atomic E-state index is 11.9. The molecule has 1 aromatic carbocycles. The number of amides is 2. The average molecular weight is 362 g/mol. The minimum absolute atomic E-state index is 0.0441. The summed E-state index contributed by atoms with van der Waals surface area (Å²) in [5, 5.41) is 17.9. The highest BCUT2D eigenvalue weighted by Gasteiger charge is 2.27. The van der Waals surface area contributed by atoms with Crippen molar-refractivity contribution in [1.82, 2.24) is 26.0 Å². The molecule has 1 aliphatic rings.